The molecule has 0 atom stereocenters. The van der Waals surface area contributed by atoms with Gasteiger partial charge in [0.15, 0.2) is 0 Å². The van der Waals surface area contributed by atoms with Crippen molar-refractivity contribution in [1.82, 2.24) is 24.1 Å². The average molecular weight is 481 g/mol. The Bertz CT molecular complexity index is 1470. The summed E-state index contributed by atoms with van der Waals surface area (Å²) in [6.07, 6.45) is 1.34. The molecule has 0 amide bonds. The molecule has 4 rings (SSSR count). The van der Waals surface area contributed by atoms with Gasteiger partial charge in [-0.2, -0.15) is 0 Å². The topological polar surface area (TPSA) is 116 Å². The Hall–Kier alpha value is -4.18. The van der Waals surface area contributed by atoms with Crippen molar-refractivity contribution in [2.75, 3.05) is 7.11 Å². The first-order valence-electron chi connectivity index (χ1n) is 10.3. The van der Waals surface area contributed by atoms with Crippen LogP contribution in [0.2, 0.25) is 5.02 Å². The van der Waals surface area contributed by atoms with Gasteiger partial charge in [-0.1, -0.05) is 23.7 Å². The molecule has 0 saturated carbocycles. The van der Waals surface area contributed by atoms with E-state index < -0.39 is 11.4 Å². The lowest BCUT2D eigenvalue weighted by atomic mass is 10.2. The lowest BCUT2D eigenvalue weighted by Gasteiger charge is -2.10. The average Bonchev–Trinajstić information content (AvgIpc) is 2.84. The maximum atomic E-state index is 13.0. The number of benzene rings is 2. The Labute approximate surface area is 198 Å². The van der Waals surface area contributed by atoms with Crippen molar-refractivity contribution < 1.29 is 9.47 Å². The summed E-state index contributed by atoms with van der Waals surface area (Å²) in [7, 11) is 1.50. The number of nitrogens with one attached hydrogen (secondary N) is 1. The molecule has 0 aliphatic heterocycles. The number of nitrogens with zero attached hydrogens (tertiary/aromatic N) is 5. The first-order chi connectivity index (χ1) is 16.5. The van der Waals surface area contributed by atoms with Gasteiger partial charge in [-0.3, -0.25) is 9.55 Å². The van der Waals surface area contributed by atoms with Crippen LogP contribution in [0.1, 0.15) is 12.5 Å². The van der Waals surface area contributed by atoms with Crippen LogP contribution in [-0.4, -0.2) is 31.2 Å². The highest BCUT2D eigenvalue weighted by molar-refractivity contribution is 6.30. The molecule has 1 N–H and O–H groups in total. The maximum Gasteiger partial charge on any atom is 0.335 e. The Morgan fingerprint density at radius 3 is 2.38 bits per heavy atom. The minimum absolute atomic E-state index is 0.129. The van der Waals surface area contributed by atoms with E-state index in [0.717, 1.165) is 10.1 Å². The zero-order chi connectivity index (χ0) is 24.1. The minimum atomic E-state index is -0.531. The van der Waals surface area contributed by atoms with Gasteiger partial charge in [0, 0.05) is 11.6 Å². The highest BCUT2D eigenvalue weighted by Crippen LogP contribution is 2.23. The van der Waals surface area contributed by atoms with Crippen LogP contribution in [-0.2, 0) is 13.1 Å². The van der Waals surface area contributed by atoms with Crippen LogP contribution in [0.15, 0.2) is 75.5 Å². The SMILES string of the molecule is CCn1c(=O)[nH]/c(=N\c2ccc(Oc3cc(OC)ncn3)cc2)n(Cc2ccc(Cl)cc2)c1=O. The zero-order valence-electron chi connectivity index (χ0n) is 18.4. The molecular formula is C23H21ClN6O4. The Kier molecular flexibility index (Phi) is 6.88. The largest absolute Gasteiger partial charge is 0.481 e. The van der Waals surface area contributed by atoms with Gasteiger partial charge in [-0.05, 0) is 48.9 Å². The molecule has 0 aliphatic rings. The van der Waals surface area contributed by atoms with Crippen LogP contribution in [0.4, 0.5) is 5.69 Å². The van der Waals surface area contributed by atoms with Gasteiger partial charge in [0.25, 0.3) is 0 Å². The normalized spacial score (nSPS) is 11.4. The van der Waals surface area contributed by atoms with E-state index >= 15 is 0 Å². The third-order valence-electron chi connectivity index (χ3n) is 4.87. The van der Waals surface area contributed by atoms with Crippen molar-refractivity contribution in [2.45, 2.75) is 20.0 Å². The Balaban J connectivity index is 1.69. The van der Waals surface area contributed by atoms with Crippen LogP contribution < -0.4 is 26.5 Å². The summed E-state index contributed by atoms with van der Waals surface area (Å²) >= 11 is 5.97. The highest BCUT2D eigenvalue weighted by Gasteiger charge is 2.09. The molecule has 11 heteroatoms. The van der Waals surface area contributed by atoms with Gasteiger partial charge < -0.3 is 9.47 Å². The van der Waals surface area contributed by atoms with Crippen molar-refractivity contribution in [2.24, 2.45) is 4.99 Å². The van der Waals surface area contributed by atoms with Crippen LogP contribution in [0, 0.1) is 0 Å². The number of rotatable bonds is 7. The summed E-state index contributed by atoms with van der Waals surface area (Å²) in [5, 5.41) is 0.591. The number of hydrogen-bond acceptors (Lipinski definition) is 7. The number of hydrogen-bond donors (Lipinski definition) is 1. The summed E-state index contributed by atoms with van der Waals surface area (Å²) in [4.78, 5) is 40.6. The van der Waals surface area contributed by atoms with Gasteiger partial charge in [-0.15, -0.1) is 0 Å². The molecule has 0 saturated heterocycles. The Morgan fingerprint density at radius 2 is 1.71 bits per heavy atom. The fourth-order valence-corrected chi connectivity index (χ4v) is 3.28. The van der Waals surface area contributed by atoms with E-state index in [-0.39, 0.29) is 18.7 Å². The lowest BCUT2D eigenvalue weighted by Crippen LogP contribution is -2.49. The van der Waals surface area contributed by atoms with E-state index in [0.29, 0.717) is 28.2 Å². The second-order valence-electron chi connectivity index (χ2n) is 7.10. The summed E-state index contributed by atoms with van der Waals surface area (Å²) in [6.45, 7) is 2.17. The van der Waals surface area contributed by atoms with E-state index in [1.807, 2.05) is 12.1 Å². The predicted octanol–water partition coefficient (Wildman–Crippen LogP) is 2.88. The molecule has 0 fully saturated rings. The molecule has 34 heavy (non-hydrogen) atoms. The fraction of sp³-hybridized carbons (Fsp3) is 0.174. The van der Waals surface area contributed by atoms with Gasteiger partial charge in [0.1, 0.15) is 12.1 Å². The maximum absolute atomic E-state index is 13.0. The second kappa shape index (κ2) is 10.2. The third kappa shape index (κ3) is 5.24. The van der Waals surface area contributed by atoms with Crippen LogP contribution in [0.5, 0.6) is 17.5 Å². The van der Waals surface area contributed by atoms with E-state index in [4.69, 9.17) is 21.1 Å². The van der Waals surface area contributed by atoms with E-state index in [1.54, 1.807) is 49.4 Å². The quantitative estimate of drug-likeness (QED) is 0.434. The summed E-state index contributed by atoms with van der Waals surface area (Å²) in [5.74, 6) is 1.22. The highest BCUT2D eigenvalue weighted by atomic mass is 35.5. The molecule has 2 heterocycles. The van der Waals surface area contributed by atoms with Gasteiger partial charge in [0.05, 0.1) is 25.4 Å². The number of H-pyrrole nitrogens is 1. The lowest BCUT2D eigenvalue weighted by molar-refractivity contribution is 0.388. The van der Waals surface area contributed by atoms with Crippen molar-refractivity contribution >= 4 is 17.3 Å². The first kappa shape index (κ1) is 23.0. The predicted molar refractivity (Wildman–Crippen MR) is 126 cm³/mol. The van der Waals surface area contributed by atoms with Gasteiger partial charge in [0.2, 0.25) is 17.4 Å². The number of aromatic amines is 1. The second-order valence-corrected chi connectivity index (χ2v) is 7.54. The number of halogens is 1. The van der Waals surface area contributed by atoms with Crippen LogP contribution >= 0.6 is 11.6 Å². The zero-order valence-corrected chi connectivity index (χ0v) is 19.2. The molecule has 2 aromatic carbocycles. The molecule has 0 spiro atoms. The molecular weight excluding hydrogens is 460 g/mol. The first-order valence-corrected chi connectivity index (χ1v) is 10.7. The minimum Gasteiger partial charge on any atom is -0.481 e. The molecule has 0 aliphatic carbocycles. The Morgan fingerprint density at radius 1 is 1.00 bits per heavy atom. The summed E-state index contributed by atoms with van der Waals surface area (Å²) < 4.78 is 13.3. The molecule has 4 aromatic rings. The van der Waals surface area contributed by atoms with Crippen LogP contribution in [0.3, 0.4) is 0 Å². The molecule has 2 aromatic heterocycles. The van der Waals surface area contributed by atoms with Crippen molar-refractivity contribution in [3.05, 3.63) is 98.1 Å². The van der Waals surface area contributed by atoms with Gasteiger partial charge in [-0.25, -0.2) is 29.1 Å². The summed E-state index contributed by atoms with van der Waals surface area (Å²) in [5.41, 5.74) is 0.487. The number of ether oxygens (including phenoxy) is 2. The monoisotopic (exact) mass is 480 g/mol. The number of aromatic nitrogens is 5. The number of methoxy groups -OCH3 is 1. The molecule has 174 valence electrons. The summed E-state index contributed by atoms with van der Waals surface area (Å²) in [6, 6.07) is 15.5. The van der Waals surface area contributed by atoms with E-state index in [2.05, 4.69) is 19.9 Å². The van der Waals surface area contributed by atoms with Crippen molar-refractivity contribution in [3.8, 4) is 17.5 Å². The van der Waals surface area contributed by atoms with Crippen LogP contribution in [0.25, 0.3) is 0 Å². The standard InChI is InChI=1S/C23H21ClN6O4/c1-3-29-22(31)28-21(30(23(29)32)13-15-4-6-16(24)7-5-15)27-17-8-10-18(11-9-17)34-20-12-19(33-2)25-14-26-20/h4-12,14H,3,13H2,1-2H3,(H,27,28,31). The van der Waals surface area contributed by atoms with E-state index in [9.17, 15) is 9.59 Å². The van der Waals surface area contributed by atoms with Crippen molar-refractivity contribution in [3.63, 3.8) is 0 Å². The van der Waals surface area contributed by atoms with Gasteiger partial charge >= 0.3 is 11.4 Å². The van der Waals surface area contributed by atoms with E-state index in [1.165, 1.54) is 18.0 Å². The molecule has 10 nitrogen and oxygen atoms in total. The van der Waals surface area contributed by atoms with Crippen molar-refractivity contribution in [1.29, 1.82) is 0 Å². The molecule has 0 unspecified atom stereocenters. The smallest absolute Gasteiger partial charge is 0.335 e. The fourth-order valence-electron chi connectivity index (χ4n) is 3.16. The molecule has 0 radical (unpaired) electrons. The molecule has 0 bridgehead atoms. The third-order valence-corrected chi connectivity index (χ3v) is 5.12.